The van der Waals surface area contributed by atoms with Crippen LogP contribution >= 0.6 is 0 Å². The highest BCUT2D eigenvalue weighted by Gasteiger charge is 2.16. The van der Waals surface area contributed by atoms with E-state index < -0.39 is 0 Å². The minimum Gasteiger partial charge on any atom is -0.507 e. The quantitative estimate of drug-likeness (QED) is 0.524. The van der Waals surface area contributed by atoms with Crippen LogP contribution in [-0.2, 0) is 0 Å². The number of aliphatic imine (C=N–C) groups is 1. The summed E-state index contributed by atoms with van der Waals surface area (Å²) in [7, 11) is 0. The molecule has 0 atom stereocenters. The van der Waals surface area contributed by atoms with Crippen LogP contribution < -0.4 is 0 Å². The molecule has 0 saturated heterocycles. The van der Waals surface area contributed by atoms with Crippen LogP contribution in [0.25, 0.3) is 0 Å². The molecule has 0 radical (unpaired) electrons. The van der Waals surface area contributed by atoms with Crippen molar-refractivity contribution in [2.45, 2.75) is 79.1 Å². The van der Waals surface area contributed by atoms with Gasteiger partial charge >= 0.3 is 0 Å². The van der Waals surface area contributed by atoms with Crippen LogP contribution in [0.2, 0.25) is 0 Å². The molecule has 0 fully saturated rings. The Hall–Kier alpha value is -2.09. The number of rotatable bonds is 6. The normalized spacial score (nSPS) is 12.3. The molecule has 0 saturated carbocycles. The molecule has 0 aliphatic rings. The molecule has 0 amide bonds. The summed E-state index contributed by atoms with van der Waals surface area (Å²) in [6, 6.07) is 10.4. The van der Waals surface area contributed by atoms with Gasteiger partial charge in [0.1, 0.15) is 5.75 Å². The fraction of sp³-hybridized carbons (Fsp3) is 0.480. The van der Waals surface area contributed by atoms with Crippen molar-refractivity contribution in [2.75, 3.05) is 0 Å². The van der Waals surface area contributed by atoms with Gasteiger partial charge in [-0.25, -0.2) is 0 Å². The molecular formula is C25H35NO. The van der Waals surface area contributed by atoms with Crippen molar-refractivity contribution in [1.82, 2.24) is 0 Å². The first-order chi connectivity index (χ1) is 12.6. The number of phenols is 1. The summed E-state index contributed by atoms with van der Waals surface area (Å²) in [5, 5.41) is 10.3. The minimum atomic E-state index is 0.277. The van der Waals surface area contributed by atoms with Gasteiger partial charge in [-0.1, -0.05) is 73.6 Å². The molecule has 2 heteroatoms. The Kier molecular flexibility index (Phi) is 6.86. The van der Waals surface area contributed by atoms with E-state index >= 15 is 0 Å². The van der Waals surface area contributed by atoms with Crippen molar-refractivity contribution in [3.05, 3.63) is 58.1 Å². The predicted octanol–water partition coefficient (Wildman–Crippen LogP) is 7.64. The highest BCUT2D eigenvalue weighted by molar-refractivity contribution is 5.86. The van der Waals surface area contributed by atoms with Gasteiger partial charge in [0.25, 0.3) is 0 Å². The molecule has 2 aromatic rings. The Morgan fingerprint density at radius 1 is 0.704 bits per heavy atom. The van der Waals surface area contributed by atoms with Gasteiger partial charge in [0.05, 0.1) is 5.69 Å². The first-order valence-electron chi connectivity index (χ1n) is 10.2. The van der Waals surface area contributed by atoms with Crippen molar-refractivity contribution in [3.8, 4) is 5.75 Å². The zero-order valence-corrected chi connectivity index (χ0v) is 18.2. The molecule has 0 spiro atoms. The average molecular weight is 366 g/mol. The lowest BCUT2D eigenvalue weighted by atomic mass is 9.87. The maximum Gasteiger partial charge on any atom is 0.124 e. The third-order valence-electron chi connectivity index (χ3n) is 5.15. The minimum absolute atomic E-state index is 0.277. The van der Waals surface area contributed by atoms with E-state index in [1.807, 2.05) is 18.3 Å². The average Bonchev–Trinajstić information content (AvgIpc) is 2.59. The van der Waals surface area contributed by atoms with Gasteiger partial charge in [0, 0.05) is 11.8 Å². The molecule has 2 nitrogen and oxygen atoms in total. The number of hydrogen-bond acceptors (Lipinski definition) is 2. The lowest BCUT2D eigenvalue weighted by molar-refractivity contribution is 0.474. The van der Waals surface area contributed by atoms with Crippen LogP contribution in [0.5, 0.6) is 5.75 Å². The second kappa shape index (κ2) is 8.73. The summed E-state index contributed by atoms with van der Waals surface area (Å²) < 4.78 is 0. The monoisotopic (exact) mass is 365 g/mol. The Bertz CT molecular complexity index is 784. The van der Waals surface area contributed by atoms with Gasteiger partial charge in [-0.3, -0.25) is 4.99 Å². The molecular weight excluding hydrogens is 330 g/mol. The molecule has 27 heavy (non-hydrogen) atoms. The lowest BCUT2D eigenvalue weighted by Gasteiger charge is -2.20. The van der Waals surface area contributed by atoms with Crippen molar-refractivity contribution >= 4 is 11.9 Å². The van der Waals surface area contributed by atoms with Gasteiger partial charge in [-0.05, 0) is 58.1 Å². The van der Waals surface area contributed by atoms with Crippen LogP contribution in [0, 0.1) is 0 Å². The number of aromatic hydroxyl groups is 1. The van der Waals surface area contributed by atoms with Gasteiger partial charge in [-0.2, -0.15) is 0 Å². The van der Waals surface area contributed by atoms with Crippen LogP contribution in [0.3, 0.4) is 0 Å². The smallest absolute Gasteiger partial charge is 0.124 e. The predicted molar refractivity (Wildman–Crippen MR) is 118 cm³/mol. The van der Waals surface area contributed by atoms with Gasteiger partial charge < -0.3 is 5.11 Å². The zero-order chi connectivity index (χ0) is 20.3. The fourth-order valence-corrected chi connectivity index (χ4v) is 3.24. The standard InChI is InChI=1S/C25H35NO/c1-15(2)19-9-10-24(27)21(11-19)14-26-25-22(17(5)6)12-20(16(3)4)13-23(25)18(7)8/h9-18,27H,1-8H3. The molecule has 2 rings (SSSR count). The largest absolute Gasteiger partial charge is 0.507 e. The van der Waals surface area contributed by atoms with Gasteiger partial charge in [0.15, 0.2) is 0 Å². The summed E-state index contributed by atoms with van der Waals surface area (Å²) in [5.74, 6) is 1.97. The van der Waals surface area contributed by atoms with Crippen molar-refractivity contribution in [3.63, 3.8) is 0 Å². The maximum atomic E-state index is 10.3. The summed E-state index contributed by atoms with van der Waals surface area (Å²) in [4.78, 5) is 4.90. The molecule has 1 N–H and O–H groups in total. The summed E-state index contributed by atoms with van der Waals surface area (Å²) in [6.07, 6.45) is 1.82. The van der Waals surface area contributed by atoms with Crippen molar-refractivity contribution in [1.29, 1.82) is 0 Å². The number of nitrogens with zero attached hydrogens (tertiary/aromatic N) is 1. The Morgan fingerprint density at radius 3 is 1.67 bits per heavy atom. The third kappa shape index (κ3) is 5.00. The Balaban J connectivity index is 2.61. The van der Waals surface area contributed by atoms with E-state index in [-0.39, 0.29) is 5.75 Å². The number of benzene rings is 2. The topological polar surface area (TPSA) is 32.6 Å². The second-order valence-corrected chi connectivity index (χ2v) is 8.74. The maximum absolute atomic E-state index is 10.3. The van der Waals surface area contributed by atoms with E-state index in [2.05, 4.69) is 67.5 Å². The van der Waals surface area contributed by atoms with Crippen LogP contribution in [0.1, 0.15) is 107 Å². The first kappa shape index (κ1) is 21.2. The highest BCUT2D eigenvalue weighted by atomic mass is 16.3. The molecule has 0 aliphatic carbocycles. The van der Waals surface area contributed by atoms with E-state index in [1.54, 1.807) is 6.07 Å². The van der Waals surface area contributed by atoms with Crippen molar-refractivity contribution in [2.24, 2.45) is 4.99 Å². The highest BCUT2D eigenvalue weighted by Crippen LogP contribution is 2.38. The molecule has 0 unspecified atom stereocenters. The van der Waals surface area contributed by atoms with Gasteiger partial charge in [-0.15, -0.1) is 0 Å². The Morgan fingerprint density at radius 2 is 1.22 bits per heavy atom. The SMILES string of the molecule is CC(C)c1ccc(O)c(C=Nc2c(C(C)C)cc(C(C)C)cc2C(C)C)c1. The van der Waals surface area contributed by atoms with Crippen LogP contribution in [0.15, 0.2) is 35.3 Å². The van der Waals surface area contributed by atoms with E-state index in [1.165, 1.54) is 22.3 Å². The van der Waals surface area contributed by atoms with E-state index in [4.69, 9.17) is 4.99 Å². The summed E-state index contributed by atoms with van der Waals surface area (Å²) in [6.45, 7) is 17.7. The fourth-order valence-electron chi connectivity index (χ4n) is 3.24. The lowest BCUT2D eigenvalue weighted by Crippen LogP contribution is -2.00. The van der Waals surface area contributed by atoms with Gasteiger partial charge in [0.2, 0.25) is 0 Å². The van der Waals surface area contributed by atoms with E-state index in [9.17, 15) is 5.11 Å². The van der Waals surface area contributed by atoms with E-state index in [0.29, 0.717) is 23.7 Å². The summed E-state index contributed by atoms with van der Waals surface area (Å²) in [5.41, 5.74) is 6.96. The molecule has 0 aliphatic heterocycles. The van der Waals surface area contributed by atoms with Crippen LogP contribution in [0.4, 0.5) is 5.69 Å². The number of hydrogen-bond donors (Lipinski definition) is 1. The molecule has 0 bridgehead atoms. The number of phenolic OH excluding ortho intramolecular Hbond substituents is 1. The molecule has 0 heterocycles. The van der Waals surface area contributed by atoms with Crippen molar-refractivity contribution < 1.29 is 5.11 Å². The molecule has 2 aromatic carbocycles. The Labute approximate surface area is 165 Å². The third-order valence-corrected chi connectivity index (χ3v) is 5.15. The second-order valence-electron chi connectivity index (χ2n) is 8.74. The van der Waals surface area contributed by atoms with E-state index in [0.717, 1.165) is 11.3 Å². The first-order valence-corrected chi connectivity index (χ1v) is 10.2. The molecule has 0 aromatic heterocycles. The zero-order valence-electron chi connectivity index (χ0n) is 18.2. The molecule has 146 valence electrons. The summed E-state index contributed by atoms with van der Waals surface area (Å²) >= 11 is 0. The van der Waals surface area contributed by atoms with Crippen LogP contribution in [-0.4, -0.2) is 11.3 Å².